The number of hydrogen-bond donors (Lipinski definition) is 0. The Kier molecular flexibility index (Phi) is 7.49. The Morgan fingerprint density at radius 1 is 0.825 bits per heavy atom. The first-order valence-electron chi connectivity index (χ1n) is 13.4. The molecule has 0 amide bonds. The molecule has 1 fully saturated rings. The summed E-state index contributed by atoms with van der Waals surface area (Å²) in [5.41, 5.74) is 4.18. The Morgan fingerprint density at radius 3 is 2.30 bits per heavy atom. The first-order valence-corrected chi connectivity index (χ1v) is 13.7. The van der Waals surface area contributed by atoms with Crippen LogP contribution >= 0.6 is 11.6 Å². The Bertz CT molecular complexity index is 1520. The van der Waals surface area contributed by atoms with E-state index >= 15 is 0 Å². The van der Waals surface area contributed by atoms with Crippen molar-refractivity contribution in [3.63, 3.8) is 0 Å². The van der Waals surface area contributed by atoms with Crippen LogP contribution in [0.3, 0.4) is 0 Å². The van der Waals surface area contributed by atoms with Crippen LogP contribution in [0.1, 0.15) is 11.3 Å². The fourth-order valence-corrected chi connectivity index (χ4v) is 5.64. The van der Waals surface area contributed by atoms with Gasteiger partial charge in [0, 0.05) is 55.6 Å². The molecule has 0 N–H and O–H groups in total. The molecule has 0 saturated carbocycles. The van der Waals surface area contributed by atoms with Gasteiger partial charge in [-0.1, -0.05) is 17.7 Å². The highest BCUT2D eigenvalue weighted by molar-refractivity contribution is 6.30. The SMILES string of the molecule is COc1ccc(Cn2nc(CCN3CCN(c4cc(Cl)ccc4OC)CC3)c3cc4c(cc32)OCO4)cc1OC. The number of aromatic nitrogens is 2. The second kappa shape index (κ2) is 11.3. The fourth-order valence-electron chi connectivity index (χ4n) is 5.47. The van der Waals surface area contributed by atoms with Crippen molar-refractivity contribution in [2.24, 2.45) is 0 Å². The molecule has 3 aromatic carbocycles. The minimum absolute atomic E-state index is 0.238. The zero-order valence-electron chi connectivity index (χ0n) is 23.0. The minimum atomic E-state index is 0.238. The van der Waals surface area contributed by atoms with Crippen LogP contribution in [0.5, 0.6) is 28.7 Å². The molecule has 0 spiro atoms. The quantitative estimate of drug-likeness (QED) is 0.286. The van der Waals surface area contributed by atoms with Crippen LogP contribution in [-0.4, -0.2) is 75.5 Å². The van der Waals surface area contributed by atoms with Crippen molar-refractivity contribution in [3.05, 3.63) is 64.8 Å². The monoisotopic (exact) mass is 564 g/mol. The van der Waals surface area contributed by atoms with Crippen LogP contribution in [-0.2, 0) is 13.0 Å². The van der Waals surface area contributed by atoms with Crippen molar-refractivity contribution in [2.75, 3.05) is 65.7 Å². The number of fused-ring (bicyclic) bond motifs is 2. The Morgan fingerprint density at radius 2 is 1.55 bits per heavy atom. The third-order valence-corrected chi connectivity index (χ3v) is 7.86. The summed E-state index contributed by atoms with van der Waals surface area (Å²) in [6.07, 6.45) is 0.829. The normalized spacial score (nSPS) is 15.1. The predicted molar refractivity (Wildman–Crippen MR) is 155 cm³/mol. The van der Waals surface area contributed by atoms with E-state index < -0.39 is 0 Å². The molecule has 0 radical (unpaired) electrons. The molecule has 0 bridgehead atoms. The van der Waals surface area contributed by atoms with Crippen molar-refractivity contribution in [3.8, 4) is 28.7 Å². The number of rotatable bonds is 9. The lowest BCUT2D eigenvalue weighted by molar-refractivity contribution is 0.174. The minimum Gasteiger partial charge on any atom is -0.495 e. The molecule has 1 saturated heterocycles. The van der Waals surface area contributed by atoms with E-state index in [0.717, 1.165) is 89.3 Å². The van der Waals surface area contributed by atoms with E-state index in [-0.39, 0.29) is 6.79 Å². The predicted octanol–water partition coefficient (Wildman–Crippen LogP) is 4.86. The van der Waals surface area contributed by atoms with Gasteiger partial charge < -0.3 is 28.6 Å². The smallest absolute Gasteiger partial charge is 0.231 e. The maximum atomic E-state index is 6.27. The van der Waals surface area contributed by atoms with E-state index in [0.29, 0.717) is 18.0 Å². The number of piperazine rings is 1. The third kappa shape index (κ3) is 5.19. The molecule has 0 atom stereocenters. The molecule has 10 heteroatoms. The van der Waals surface area contributed by atoms with Crippen LogP contribution in [0.4, 0.5) is 5.69 Å². The molecule has 6 rings (SSSR count). The van der Waals surface area contributed by atoms with E-state index in [1.54, 1.807) is 21.3 Å². The van der Waals surface area contributed by atoms with Gasteiger partial charge in [0.2, 0.25) is 6.79 Å². The van der Waals surface area contributed by atoms with Crippen LogP contribution < -0.4 is 28.6 Å². The second-order valence-corrected chi connectivity index (χ2v) is 10.3. The first kappa shape index (κ1) is 26.4. The van der Waals surface area contributed by atoms with E-state index in [1.807, 2.05) is 47.1 Å². The van der Waals surface area contributed by atoms with E-state index in [4.69, 9.17) is 40.4 Å². The van der Waals surface area contributed by atoms with Crippen molar-refractivity contribution in [1.82, 2.24) is 14.7 Å². The molecular formula is C30H33ClN4O5. The average Bonchev–Trinajstić information content (AvgIpc) is 3.59. The summed E-state index contributed by atoms with van der Waals surface area (Å²) in [5.74, 6) is 3.77. The fraction of sp³-hybridized carbons (Fsp3) is 0.367. The van der Waals surface area contributed by atoms with Crippen LogP contribution in [0.15, 0.2) is 48.5 Å². The van der Waals surface area contributed by atoms with Gasteiger partial charge in [-0.15, -0.1) is 0 Å². The molecule has 0 unspecified atom stereocenters. The summed E-state index contributed by atoms with van der Waals surface area (Å²) in [7, 11) is 4.99. The first-order chi connectivity index (χ1) is 19.6. The van der Waals surface area contributed by atoms with Gasteiger partial charge in [-0.25, -0.2) is 0 Å². The van der Waals surface area contributed by atoms with Gasteiger partial charge in [-0.2, -0.15) is 5.10 Å². The molecule has 2 aliphatic rings. The van der Waals surface area contributed by atoms with Gasteiger partial charge in [0.25, 0.3) is 0 Å². The molecule has 210 valence electrons. The summed E-state index contributed by atoms with van der Waals surface area (Å²) in [6, 6.07) is 15.8. The average molecular weight is 565 g/mol. The topological polar surface area (TPSA) is 70.5 Å². The number of anilines is 1. The highest BCUT2D eigenvalue weighted by atomic mass is 35.5. The number of nitrogens with zero attached hydrogens (tertiary/aromatic N) is 4. The lowest BCUT2D eigenvalue weighted by Gasteiger charge is -2.36. The Hall–Kier alpha value is -3.82. The van der Waals surface area contributed by atoms with Gasteiger partial charge >= 0.3 is 0 Å². The molecule has 0 aliphatic carbocycles. The van der Waals surface area contributed by atoms with Crippen LogP contribution in [0.2, 0.25) is 5.02 Å². The molecule has 2 aliphatic heterocycles. The van der Waals surface area contributed by atoms with Gasteiger partial charge in [0.15, 0.2) is 23.0 Å². The second-order valence-electron chi connectivity index (χ2n) is 9.91. The summed E-state index contributed by atoms with van der Waals surface area (Å²) in [6.45, 7) is 5.46. The number of methoxy groups -OCH3 is 3. The van der Waals surface area contributed by atoms with Gasteiger partial charge in [0.05, 0.1) is 44.8 Å². The highest BCUT2D eigenvalue weighted by Crippen LogP contribution is 2.38. The highest BCUT2D eigenvalue weighted by Gasteiger charge is 2.23. The molecular weight excluding hydrogens is 532 g/mol. The van der Waals surface area contributed by atoms with E-state index in [9.17, 15) is 0 Å². The van der Waals surface area contributed by atoms with Crippen molar-refractivity contribution in [1.29, 1.82) is 0 Å². The maximum Gasteiger partial charge on any atom is 0.231 e. The number of ether oxygens (including phenoxy) is 5. The third-order valence-electron chi connectivity index (χ3n) is 7.62. The maximum absolute atomic E-state index is 6.27. The van der Waals surface area contributed by atoms with E-state index in [1.165, 1.54) is 0 Å². The largest absolute Gasteiger partial charge is 0.495 e. The molecule has 4 aromatic rings. The zero-order chi connectivity index (χ0) is 27.6. The van der Waals surface area contributed by atoms with Gasteiger partial charge in [-0.05, 0) is 42.0 Å². The Labute approximate surface area is 238 Å². The summed E-state index contributed by atoms with van der Waals surface area (Å²) < 4.78 is 29.9. The summed E-state index contributed by atoms with van der Waals surface area (Å²) >= 11 is 6.27. The van der Waals surface area contributed by atoms with Crippen molar-refractivity contribution in [2.45, 2.75) is 13.0 Å². The van der Waals surface area contributed by atoms with Crippen molar-refractivity contribution >= 4 is 28.2 Å². The Balaban J connectivity index is 1.19. The molecule has 40 heavy (non-hydrogen) atoms. The lowest BCUT2D eigenvalue weighted by Crippen LogP contribution is -2.47. The molecule has 3 heterocycles. The summed E-state index contributed by atoms with van der Waals surface area (Å²) in [5, 5.41) is 6.87. The number of halogens is 1. The van der Waals surface area contributed by atoms with Crippen molar-refractivity contribution < 1.29 is 23.7 Å². The molecule has 1 aromatic heterocycles. The number of hydrogen-bond acceptors (Lipinski definition) is 8. The van der Waals surface area contributed by atoms with Crippen LogP contribution in [0.25, 0.3) is 10.9 Å². The van der Waals surface area contributed by atoms with Crippen LogP contribution in [0, 0.1) is 0 Å². The summed E-state index contributed by atoms with van der Waals surface area (Å²) in [4.78, 5) is 4.83. The van der Waals surface area contributed by atoms with Gasteiger partial charge in [-0.3, -0.25) is 9.58 Å². The standard InChI is InChI=1S/C30H33ClN4O5/c1-36-26-7-5-21(31)15-25(26)34-12-10-33(11-13-34)9-8-23-22-16-29-30(40-19-39-29)17-24(22)35(32-23)18-20-4-6-27(37-2)28(14-20)38-3/h4-7,14-17H,8-13,18-19H2,1-3H3. The number of benzene rings is 3. The van der Waals surface area contributed by atoms with Gasteiger partial charge in [0.1, 0.15) is 5.75 Å². The molecule has 9 nitrogen and oxygen atoms in total. The zero-order valence-corrected chi connectivity index (χ0v) is 23.7. The lowest BCUT2D eigenvalue weighted by atomic mass is 10.1. The van der Waals surface area contributed by atoms with E-state index in [2.05, 4.69) is 15.9 Å².